The van der Waals surface area contributed by atoms with Gasteiger partial charge in [0.1, 0.15) is 6.10 Å². The molecule has 2 N–H and O–H groups in total. The minimum atomic E-state index is -2.20. The summed E-state index contributed by atoms with van der Waals surface area (Å²) in [5, 5.41) is 25.9. The average Bonchev–Trinajstić information content (AvgIpc) is 3.56. The van der Waals surface area contributed by atoms with Gasteiger partial charge >= 0.3 is 0 Å². The summed E-state index contributed by atoms with van der Waals surface area (Å²) in [6.07, 6.45) is 3.34. The quantitative estimate of drug-likeness (QED) is 0.536. The molecule has 1 aliphatic rings. The number of hydrogen-bond donors (Lipinski definition) is 2. The summed E-state index contributed by atoms with van der Waals surface area (Å²) < 4.78 is 1.74. The zero-order valence-electron chi connectivity index (χ0n) is 19.5. The van der Waals surface area contributed by atoms with Gasteiger partial charge < -0.3 is 15.1 Å². The fourth-order valence-corrected chi connectivity index (χ4v) is 4.66. The Kier molecular flexibility index (Phi) is 6.95. The predicted octanol–water partition coefficient (Wildman–Crippen LogP) is 3.41. The van der Waals surface area contributed by atoms with Crippen molar-refractivity contribution in [1.29, 1.82) is 0 Å². The first kappa shape index (κ1) is 23.9. The Morgan fingerprint density at radius 2 is 1.82 bits per heavy atom. The van der Waals surface area contributed by atoms with Crippen molar-refractivity contribution in [2.45, 2.75) is 56.8 Å². The van der Waals surface area contributed by atoms with E-state index in [0.717, 1.165) is 29.7 Å². The van der Waals surface area contributed by atoms with E-state index in [2.05, 4.69) is 5.10 Å². The molecule has 4 rings (SSSR count). The van der Waals surface area contributed by atoms with E-state index in [1.165, 1.54) is 6.92 Å². The average molecular weight is 462 g/mol. The first-order chi connectivity index (χ1) is 16.3. The molecule has 0 saturated carbocycles. The smallest absolute Gasteiger partial charge is 0.257 e. The van der Waals surface area contributed by atoms with Gasteiger partial charge in [0.05, 0.1) is 11.7 Å². The Labute approximate surface area is 199 Å². The Morgan fingerprint density at radius 1 is 1.12 bits per heavy atom. The number of benzene rings is 2. The summed E-state index contributed by atoms with van der Waals surface area (Å²) in [7, 11) is 0. The lowest BCUT2D eigenvalue weighted by Crippen LogP contribution is -2.56. The van der Waals surface area contributed by atoms with E-state index in [1.54, 1.807) is 15.8 Å². The molecule has 34 heavy (non-hydrogen) atoms. The Balaban J connectivity index is 1.42. The minimum absolute atomic E-state index is 0.00776. The molecule has 0 spiro atoms. The van der Waals surface area contributed by atoms with Crippen molar-refractivity contribution >= 4 is 11.7 Å². The first-order valence-corrected chi connectivity index (χ1v) is 11.7. The van der Waals surface area contributed by atoms with Gasteiger partial charge in [-0.05, 0) is 55.0 Å². The number of carbonyl (C=O) groups is 2. The number of Topliss-reactive ketones (excluding diaryl/α,β-unsaturated/α-hetero) is 1. The molecule has 178 valence electrons. The third kappa shape index (κ3) is 4.81. The zero-order chi connectivity index (χ0) is 24.3. The van der Waals surface area contributed by atoms with Crippen LogP contribution in [0.25, 0.3) is 5.69 Å². The molecule has 7 nitrogen and oxygen atoms in total. The number of ketones is 1. The normalized spacial score (nSPS) is 19.4. The number of rotatable bonds is 8. The standard InChI is InChI=1S/C27H31N3O4/c1-19(20-11-13-22(14-12-20)30-17-7-15-28-30)18-24(31)25(32)27(2,34)26(33)29-16-6-10-23(29)21-8-4-3-5-9-21/h3-5,7-9,11-15,17,19,23,25,32,34H,6,10,16,18H2,1-2H3/t19-,23?,25-,27+/m0/s1. The van der Waals surface area contributed by atoms with Crippen LogP contribution in [-0.4, -0.2) is 54.8 Å². The molecule has 7 heteroatoms. The highest BCUT2D eigenvalue weighted by molar-refractivity contribution is 5.95. The van der Waals surface area contributed by atoms with Crippen LogP contribution in [0.1, 0.15) is 56.2 Å². The lowest BCUT2D eigenvalue weighted by atomic mass is 9.87. The third-order valence-corrected chi connectivity index (χ3v) is 6.71. The van der Waals surface area contributed by atoms with E-state index in [-0.39, 0.29) is 18.4 Å². The second-order valence-corrected chi connectivity index (χ2v) is 9.23. The molecule has 1 fully saturated rings. The van der Waals surface area contributed by atoms with Gasteiger partial charge in [-0.3, -0.25) is 9.59 Å². The fourth-order valence-electron chi connectivity index (χ4n) is 4.66. The summed E-state index contributed by atoms with van der Waals surface area (Å²) in [4.78, 5) is 27.7. The van der Waals surface area contributed by atoms with Crippen LogP contribution < -0.4 is 0 Å². The van der Waals surface area contributed by atoms with E-state index in [4.69, 9.17) is 0 Å². The second-order valence-electron chi connectivity index (χ2n) is 9.23. The Morgan fingerprint density at radius 3 is 2.47 bits per heavy atom. The van der Waals surface area contributed by atoms with Crippen molar-refractivity contribution in [3.8, 4) is 5.69 Å². The first-order valence-electron chi connectivity index (χ1n) is 11.7. The SMILES string of the molecule is C[C@@H](CC(=O)[C@H](O)[C@@](C)(O)C(=O)N1CCCC1c1ccccc1)c1ccc(-n2cccn2)cc1. The van der Waals surface area contributed by atoms with Gasteiger partial charge in [-0.15, -0.1) is 0 Å². The molecular weight excluding hydrogens is 430 g/mol. The van der Waals surface area contributed by atoms with Crippen LogP contribution >= 0.6 is 0 Å². The lowest BCUT2D eigenvalue weighted by molar-refractivity contribution is -0.167. The molecule has 1 amide bonds. The number of nitrogens with zero attached hydrogens (tertiary/aromatic N) is 3. The number of amides is 1. The topological polar surface area (TPSA) is 95.7 Å². The number of aliphatic hydroxyl groups excluding tert-OH is 1. The molecule has 0 radical (unpaired) electrons. The molecule has 1 aliphatic heterocycles. The number of aromatic nitrogens is 2. The van der Waals surface area contributed by atoms with Crippen LogP contribution in [0.2, 0.25) is 0 Å². The maximum Gasteiger partial charge on any atom is 0.257 e. The van der Waals surface area contributed by atoms with Gasteiger partial charge in [0.15, 0.2) is 11.4 Å². The molecule has 2 heterocycles. The summed E-state index contributed by atoms with van der Waals surface area (Å²) in [6, 6.07) is 19.0. The van der Waals surface area contributed by atoms with Crippen LogP contribution in [0.15, 0.2) is 73.1 Å². The van der Waals surface area contributed by atoms with Gasteiger partial charge in [-0.25, -0.2) is 4.68 Å². The molecule has 0 aliphatic carbocycles. The molecule has 3 aromatic rings. The monoisotopic (exact) mass is 461 g/mol. The summed E-state index contributed by atoms with van der Waals surface area (Å²) >= 11 is 0. The van der Waals surface area contributed by atoms with Gasteiger partial charge in [-0.1, -0.05) is 49.4 Å². The van der Waals surface area contributed by atoms with Crippen molar-refractivity contribution in [2.24, 2.45) is 0 Å². The maximum atomic E-state index is 13.3. The van der Waals surface area contributed by atoms with Crippen molar-refractivity contribution in [3.63, 3.8) is 0 Å². The van der Waals surface area contributed by atoms with Crippen LogP contribution in [0.5, 0.6) is 0 Å². The zero-order valence-corrected chi connectivity index (χ0v) is 19.5. The molecule has 2 aromatic carbocycles. The predicted molar refractivity (Wildman–Crippen MR) is 128 cm³/mol. The van der Waals surface area contributed by atoms with Crippen LogP contribution in [0.4, 0.5) is 0 Å². The highest BCUT2D eigenvalue weighted by atomic mass is 16.4. The molecule has 1 unspecified atom stereocenters. The minimum Gasteiger partial charge on any atom is -0.382 e. The third-order valence-electron chi connectivity index (χ3n) is 6.71. The Hall–Kier alpha value is -3.29. The highest BCUT2D eigenvalue weighted by Crippen LogP contribution is 2.34. The fraction of sp³-hybridized carbons (Fsp3) is 0.370. The molecule has 4 atom stereocenters. The van der Waals surface area contributed by atoms with Gasteiger partial charge in [0.25, 0.3) is 5.91 Å². The summed E-state index contributed by atoms with van der Waals surface area (Å²) in [6.45, 7) is 3.60. The lowest BCUT2D eigenvalue weighted by Gasteiger charge is -2.34. The van der Waals surface area contributed by atoms with Crippen LogP contribution in [0, 0.1) is 0 Å². The highest BCUT2D eigenvalue weighted by Gasteiger charge is 2.47. The molecule has 0 bridgehead atoms. The largest absolute Gasteiger partial charge is 0.382 e. The van der Waals surface area contributed by atoms with Gasteiger partial charge in [-0.2, -0.15) is 5.10 Å². The summed E-state index contributed by atoms with van der Waals surface area (Å²) in [5.41, 5.74) is 0.612. The Bertz CT molecular complexity index is 1110. The van der Waals surface area contributed by atoms with E-state index in [1.807, 2.05) is 73.8 Å². The number of likely N-dealkylation sites (tertiary alicyclic amines) is 1. The van der Waals surface area contributed by atoms with Crippen molar-refractivity contribution in [2.75, 3.05) is 6.54 Å². The summed E-state index contributed by atoms with van der Waals surface area (Å²) in [5.74, 6) is -1.36. The molecular formula is C27H31N3O4. The van der Waals surface area contributed by atoms with E-state index in [0.29, 0.717) is 6.54 Å². The number of hydrogen-bond acceptors (Lipinski definition) is 5. The maximum absolute atomic E-state index is 13.3. The van der Waals surface area contributed by atoms with Crippen molar-refractivity contribution in [1.82, 2.24) is 14.7 Å². The molecule has 1 saturated heterocycles. The van der Waals surface area contributed by atoms with Crippen molar-refractivity contribution < 1.29 is 19.8 Å². The second kappa shape index (κ2) is 9.91. The number of carbonyl (C=O) groups excluding carboxylic acids is 2. The van der Waals surface area contributed by atoms with E-state index < -0.39 is 23.4 Å². The van der Waals surface area contributed by atoms with E-state index >= 15 is 0 Å². The van der Waals surface area contributed by atoms with E-state index in [9.17, 15) is 19.8 Å². The van der Waals surface area contributed by atoms with Gasteiger partial charge in [0, 0.05) is 25.4 Å². The van der Waals surface area contributed by atoms with Gasteiger partial charge in [0.2, 0.25) is 0 Å². The van der Waals surface area contributed by atoms with Crippen molar-refractivity contribution in [3.05, 3.63) is 84.2 Å². The van der Waals surface area contributed by atoms with Crippen LogP contribution in [-0.2, 0) is 9.59 Å². The van der Waals surface area contributed by atoms with Crippen LogP contribution in [0.3, 0.4) is 0 Å². The molecule has 1 aromatic heterocycles. The number of aliphatic hydroxyl groups is 2.